The van der Waals surface area contributed by atoms with Gasteiger partial charge < -0.3 is 0 Å². The Hall–Kier alpha value is -0.550. The van der Waals surface area contributed by atoms with Crippen LogP contribution in [0.1, 0.15) is 41.5 Å². The minimum atomic E-state index is -0.0856. The number of rotatable bonds is 1. The maximum absolute atomic E-state index is 8.91. The molecule has 0 radical (unpaired) electrons. The number of hydrogen-bond acceptors (Lipinski definition) is 2. The van der Waals surface area contributed by atoms with Crippen molar-refractivity contribution in [2.24, 2.45) is 5.41 Å². The van der Waals surface area contributed by atoms with Crippen LogP contribution in [0.3, 0.4) is 0 Å². The second kappa shape index (κ2) is 3.45. The molecule has 0 aromatic heterocycles. The normalized spacial score (nSPS) is 15.4. The van der Waals surface area contributed by atoms with Crippen molar-refractivity contribution in [1.82, 2.24) is 5.32 Å². The average Bonchev–Trinajstić information content (AvgIpc) is 1.78. The van der Waals surface area contributed by atoms with E-state index in [0.717, 1.165) is 0 Å². The van der Waals surface area contributed by atoms with E-state index in [9.17, 15) is 0 Å². The fraction of sp³-hybridized carbons (Fsp3) is 0.900. The van der Waals surface area contributed by atoms with Gasteiger partial charge in [0.2, 0.25) is 0 Å². The first-order chi connectivity index (χ1) is 5.17. The lowest BCUT2D eigenvalue weighted by molar-refractivity contribution is 0.263. The van der Waals surface area contributed by atoms with Gasteiger partial charge in [0.15, 0.2) is 0 Å². The smallest absolute Gasteiger partial charge is 0.101 e. The van der Waals surface area contributed by atoms with Crippen LogP contribution >= 0.6 is 0 Å². The summed E-state index contributed by atoms with van der Waals surface area (Å²) < 4.78 is 0. The van der Waals surface area contributed by atoms with E-state index in [-0.39, 0.29) is 17.0 Å². The highest BCUT2D eigenvalue weighted by molar-refractivity contribution is 5.00. The van der Waals surface area contributed by atoms with Gasteiger partial charge >= 0.3 is 0 Å². The molecule has 0 aliphatic heterocycles. The second-order valence-electron chi connectivity index (χ2n) is 5.32. The first-order valence-electron chi connectivity index (χ1n) is 4.34. The molecule has 0 aromatic rings. The summed E-state index contributed by atoms with van der Waals surface area (Å²) >= 11 is 0. The van der Waals surface area contributed by atoms with E-state index in [2.05, 4.69) is 52.9 Å². The molecule has 0 fully saturated rings. The van der Waals surface area contributed by atoms with Gasteiger partial charge in [-0.25, -0.2) is 0 Å². The van der Waals surface area contributed by atoms with Crippen molar-refractivity contribution in [3.05, 3.63) is 0 Å². The number of nitrogens with zero attached hydrogens (tertiary/aromatic N) is 1. The maximum atomic E-state index is 8.91. The monoisotopic (exact) mass is 168 g/mol. The van der Waals surface area contributed by atoms with Crippen LogP contribution in [0.5, 0.6) is 0 Å². The molecule has 2 heteroatoms. The minimum absolute atomic E-state index is 0.00201. The Morgan fingerprint density at radius 1 is 1.08 bits per heavy atom. The molecule has 0 aliphatic rings. The Morgan fingerprint density at radius 3 is 1.58 bits per heavy atom. The molecule has 70 valence electrons. The van der Waals surface area contributed by atoms with Gasteiger partial charge in [0.05, 0.1) is 6.07 Å². The Labute approximate surface area is 76.0 Å². The number of nitrogens with one attached hydrogen (secondary N) is 1. The largest absolute Gasteiger partial charge is 0.297 e. The summed E-state index contributed by atoms with van der Waals surface area (Å²) in [6.45, 7) is 12.4. The van der Waals surface area contributed by atoms with Crippen LogP contribution in [0.2, 0.25) is 0 Å². The van der Waals surface area contributed by atoms with Crippen LogP contribution in [0.4, 0.5) is 0 Å². The summed E-state index contributed by atoms with van der Waals surface area (Å²) in [6.07, 6.45) is 0. The molecule has 0 spiro atoms. The molecule has 0 saturated carbocycles. The fourth-order valence-electron chi connectivity index (χ4n) is 0.875. The van der Waals surface area contributed by atoms with Crippen molar-refractivity contribution in [2.45, 2.75) is 53.1 Å². The lowest BCUT2D eigenvalue weighted by Gasteiger charge is -2.32. The van der Waals surface area contributed by atoms with E-state index in [1.807, 2.05) is 0 Å². The van der Waals surface area contributed by atoms with Gasteiger partial charge in [0.25, 0.3) is 0 Å². The van der Waals surface area contributed by atoms with Crippen molar-refractivity contribution in [3.8, 4) is 6.07 Å². The summed E-state index contributed by atoms with van der Waals surface area (Å²) in [5.74, 6) is 0. The molecule has 0 heterocycles. The number of hydrogen-bond donors (Lipinski definition) is 1. The van der Waals surface area contributed by atoms with Gasteiger partial charge in [0.1, 0.15) is 6.04 Å². The molecular weight excluding hydrogens is 148 g/mol. The lowest BCUT2D eigenvalue weighted by atomic mass is 9.86. The van der Waals surface area contributed by atoms with E-state index >= 15 is 0 Å². The summed E-state index contributed by atoms with van der Waals surface area (Å²) in [5.41, 5.74) is 0.00963. The molecule has 1 N–H and O–H groups in total. The van der Waals surface area contributed by atoms with E-state index in [1.165, 1.54) is 0 Å². The van der Waals surface area contributed by atoms with E-state index < -0.39 is 0 Å². The van der Waals surface area contributed by atoms with Gasteiger partial charge in [-0.1, -0.05) is 20.8 Å². The Kier molecular flexibility index (Phi) is 3.29. The standard InChI is InChI=1S/C10H20N2/c1-9(2,3)8(7-11)12-10(4,5)6/h8,12H,1-6H3. The van der Waals surface area contributed by atoms with Crippen molar-refractivity contribution < 1.29 is 0 Å². The molecule has 0 aliphatic carbocycles. The molecular formula is C10H20N2. The Balaban J connectivity index is 4.33. The molecule has 12 heavy (non-hydrogen) atoms. The quantitative estimate of drug-likeness (QED) is 0.652. The molecule has 1 atom stereocenters. The third-order valence-corrected chi connectivity index (χ3v) is 1.57. The van der Waals surface area contributed by atoms with Crippen molar-refractivity contribution in [3.63, 3.8) is 0 Å². The zero-order valence-electron chi connectivity index (χ0n) is 9.02. The third kappa shape index (κ3) is 4.35. The van der Waals surface area contributed by atoms with Gasteiger partial charge in [-0.15, -0.1) is 0 Å². The van der Waals surface area contributed by atoms with Crippen LogP contribution in [-0.4, -0.2) is 11.6 Å². The molecule has 0 bridgehead atoms. The van der Waals surface area contributed by atoms with Gasteiger partial charge in [-0.2, -0.15) is 5.26 Å². The average molecular weight is 168 g/mol. The minimum Gasteiger partial charge on any atom is -0.297 e. The van der Waals surface area contributed by atoms with Gasteiger partial charge in [-0.3, -0.25) is 5.32 Å². The number of nitriles is 1. The summed E-state index contributed by atoms with van der Waals surface area (Å²) in [6, 6.07) is 2.20. The zero-order valence-corrected chi connectivity index (χ0v) is 9.02. The van der Waals surface area contributed by atoms with Gasteiger partial charge in [-0.05, 0) is 26.2 Å². The predicted molar refractivity (Wildman–Crippen MR) is 51.7 cm³/mol. The molecule has 1 unspecified atom stereocenters. The van der Waals surface area contributed by atoms with Crippen molar-refractivity contribution in [1.29, 1.82) is 5.26 Å². The first kappa shape index (κ1) is 11.4. The van der Waals surface area contributed by atoms with Crippen LogP contribution in [-0.2, 0) is 0 Å². The molecule has 0 rings (SSSR count). The van der Waals surface area contributed by atoms with Crippen LogP contribution in [0.15, 0.2) is 0 Å². The van der Waals surface area contributed by atoms with Crippen LogP contribution in [0, 0.1) is 16.7 Å². The topological polar surface area (TPSA) is 35.8 Å². The maximum Gasteiger partial charge on any atom is 0.101 e. The highest BCUT2D eigenvalue weighted by Gasteiger charge is 2.27. The molecule has 0 saturated heterocycles. The third-order valence-electron chi connectivity index (χ3n) is 1.57. The van der Waals surface area contributed by atoms with E-state index in [1.54, 1.807) is 0 Å². The molecule has 0 amide bonds. The van der Waals surface area contributed by atoms with Gasteiger partial charge in [0, 0.05) is 5.54 Å². The van der Waals surface area contributed by atoms with Crippen molar-refractivity contribution in [2.75, 3.05) is 0 Å². The zero-order chi connectivity index (χ0) is 9.99. The summed E-state index contributed by atoms with van der Waals surface area (Å²) in [5, 5.41) is 12.2. The van der Waals surface area contributed by atoms with Crippen LogP contribution < -0.4 is 5.32 Å². The highest BCUT2D eigenvalue weighted by atomic mass is 15.0. The van der Waals surface area contributed by atoms with Crippen LogP contribution in [0.25, 0.3) is 0 Å². The second-order valence-corrected chi connectivity index (χ2v) is 5.32. The lowest BCUT2D eigenvalue weighted by Crippen LogP contribution is -2.48. The Bertz CT molecular complexity index is 175. The Morgan fingerprint density at radius 2 is 1.50 bits per heavy atom. The summed E-state index contributed by atoms with van der Waals surface area (Å²) in [4.78, 5) is 0. The molecule has 2 nitrogen and oxygen atoms in total. The van der Waals surface area contributed by atoms with Crippen molar-refractivity contribution >= 4 is 0 Å². The van der Waals surface area contributed by atoms with E-state index in [0.29, 0.717) is 0 Å². The summed E-state index contributed by atoms with van der Waals surface area (Å²) in [7, 11) is 0. The highest BCUT2D eigenvalue weighted by Crippen LogP contribution is 2.20. The fourth-order valence-corrected chi connectivity index (χ4v) is 0.875. The first-order valence-corrected chi connectivity index (χ1v) is 4.34. The SMILES string of the molecule is CC(C)(C)NC(C#N)C(C)(C)C. The molecule has 0 aromatic carbocycles. The predicted octanol–water partition coefficient (Wildman–Crippen LogP) is 2.31. The van der Waals surface area contributed by atoms with E-state index in [4.69, 9.17) is 5.26 Å².